The Bertz CT molecular complexity index is 1940. The van der Waals surface area contributed by atoms with Crippen LogP contribution < -0.4 is 5.32 Å². The molecule has 3 aliphatic heterocycles. The zero-order valence-electron chi connectivity index (χ0n) is 64.6. The second kappa shape index (κ2) is 64.1. The van der Waals surface area contributed by atoms with Crippen molar-refractivity contribution in [1.82, 2.24) is 5.32 Å². The number of allylic oxidation sites excluding steroid dienone is 3. The molecule has 3 heterocycles. The van der Waals surface area contributed by atoms with E-state index in [0.29, 0.717) is 12.8 Å². The predicted molar refractivity (Wildman–Crippen MR) is 406 cm³/mol. The first-order valence-electron chi connectivity index (χ1n) is 42.6. The first-order chi connectivity index (χ1) is 49.8. The molecule has 0 aromatic heterocycles. The molecule has 602 valence electrons. The van der Waals surface area contributed by atoms with Gasteiger partial charge >= 0.3 is 0 Å². The molecule has 17 unspecified atom stereocenters. The third kappa shape index (κ3) is 43.5. The van der Waals surface area contributed by atoms with Gasteiger partial charge in [-0.2, -0.15) is 0 Å². The molecule has 3 rings (SSSR count). The molecular formula is C83H157NO18. The molecule has 0 aromatic carbocycles. The summed E-state index contributed by atoms with van der Waals surface area (Å²) in [6.45, 7) is 1.79. The molecule has 3 aliphatic rings. The van der Waals surface area contributed by atoms with E-state index in [-0.39, 0.29) is 18.9 Å². The average Bonchev–Trinajstić information content (AvgIpc) is 0.780. The van der Waals surface area contributed by atoms with E-state index in [0.717, 1.165) is 38.5 Å². The Labute approximate surface area is 619 Å². The number of unbranched alkanes of at least 4 members (excludes halogenated alkanes) is 51. The molecule has 0 radical (unpaired) electrons. The van der Waals surface area contributed by atoms with Crippen molar-refractivity contribution in [2.45, 2.75) is 471 Å². The lowest BCUT2D eigenvalue weighted by Crippen LogP contribution is -2.66. The summed E-state index contributed by atoms with van der Waals surface area (Å²) in [5.41, 5.74) is 0. The van der Waals surface area contributed by atoms with Crippen molar-refractivity contribution >= 4 is 5.91 Å². The standard InChI is InChI=1S/C83H157NO18/c1-3-5-7-9-11-13-15-17-19-21-23-25-27-29-31-32-33-34-35-36-38-40-42-44-46-48-50-52-54-56-58-60-67(88)66(84-71(89)61-59-57-55-53-51-49-47-45-43-41-39-37-30-28-26-24-22-20-18-16-14-12-10-8-6-4-2)65-97-81-77(95)74(92)79(69(63-86)99-81)102-83-78(96)75(93)80(70(64-87)100-83)101-82-76(94)73(91)72(90)68(62-85)98-82/h50,52,58,60,66-70,72-83,85-88,90-96H,3-49,51,53-57,59,61-65H2,1-2H3,(H,84,89)/b52-50+,60-58+. The van der Waals surface area contributed by atoms with Crippen molar-refractivity contribution in [2.75, 3.05) is 26.4 Å². The molecule has 3 saturated heterocycles. The molecule has 19 heteroatoms. The van der Waals surface area contributed by atoms with Crippen molar-refractivity contribution in [3.63, 3.8) is 0 Å². The summed E-state index contributed by atoms with van der Waals surface area (Å²) < 4.78 is 34.5. The van der Waals surface area contributed by atoms with Crippen molar-refractivity contribution in [1.29, 1.82) is 0 Å². The lowest BCUT2D eigenvalue weighted by atomic mass is 9.96. The summed E-state index contributed by atoms with van der Waals surface area (Å²) in [4.78, 5) is 13.5. The number of amides is 1. The van der Waals surface area contributed by atoms with Gasteiger partial charge in [0.05, 0.1) is 38.6 Å². The molecule has 12 N–H and O–H groups in total. The first-order valence-corrected chi connectivity index (χ1v) is 42.6. The van der Waals surface area contributed by atoms with Gasteiger partial charge in [-0.1, -0.05) is 353 Å². The summed E-state index contributed by atoms with van der Waals surface area (Å²) in [6, 6.07) is -0.989. The number of ether oxygens (including phenoxy) is 6. The van der Waals surface area contributed by atoms with E-state index >= 15 is 0 Å². The van der Waals surface area contributed by atoms with E-state index < -0.39 is 124 Å². The van der Waals surface area contributed by atoms with Gasteiger partial charge < -0.3 is 89.9 Å². The van der Waals surface area contributed by atoms with Crippen LogP contribution in [-0.2, 0) is 33.2 Å². The molecule has 102 heavy (non-hydrogen) atoms. The van der Waals surface area contributed by atoms with E-state index in [2.05, 4.69) is 31.3 Å². The van der Waals surface area contributed by atoms with Crippen LogP contribution in [0.3, 0.4) is 0 Å². The van der Waals surface area contributed by atoms with Gasteiger partial charge in [-0.25, -0.2) is 0 Å². The zero-order valence-corrected chi connectivity index (χ0v) is 64.6. The Balaban J connectivity index is 1.36. The predicted octanol–water partition coefficient (Wildman–Crippen LogP) is 14.9. The Morgan fingerprint density at radius 1 is 0.343 bits per heavy atom. The van der Waals surface area contributed by atoms with Gasteiger partial charge in [0.2, 0.25) is 5.91 Å². The fraction of sp³-hybridized carbons (Fsp3) is 0.940. The molecule has 0 aromatic rings. The van der Waals surface area contributed by atoms with Crippen LogP contribution in [-0.4, -0.2) is 193 Å². The van der Waals surface area contributed by atoms with Gasteiger partial charge in [0.1, 0.15) is 73.2 Å². The van der Waals surface area contributed by atoms with Crippen LogP contribution in [0.25, 0.3) is 0 Å². The molecule has 0 saturated carbocycles. The number of nitrogens with one attached hydrogen (secondary N) is 1. The summed E-state index contributed by atoms with van der Waals surface area (Å²) in [5.74, 6) is -0.277. The number of hydrogen-bond acceptors (Lipinski definition) is 18. The Morgan fingerprint density at radius 3 is 0.980 bits per heavy atom. The van der Waals surface area contributed by atoms with E-state index in [4.69, 9.17) is 28.4 Å². The fourth-order valence-corrected chi connectivity index (χ4v) is 14.7. The number of hydrogen-bond donors (Lipinski definition) is 12. The highest BCUT2D eigenvalue weighted by Crippen LogP contribution is 2.33. The first kappa shape index (κ1) is 94.5. The number of rotatable bonds is 69. The van der Waals surface area contributed by atoms with Gasteiger partial charge in [-0.15, -0.1) is 0 Å². The van der Waals surface area contributed by atoms with Crippen LogP contribution in [0.2, 0.25) is 0 Å². The Hall–Kier alpha value is -1.73. The highest BCUT2D eigenvalue weighted by molar-refractivity contribution is 5.76. The maximum Gasteiger partial charge on any atom is 0.220 e. The minimum atomic E-state index is -1.98. The number of carbonyl (C=O) groups excluding carboxylic acids is 1. The number of carbonyl (C=O) groups is 1. The maximum atomic E-state index is 13.5. The quantitative estimate of drug-likeness (QED) is 0.0199. The van der Waals surface area contributed by atoms with E-state index in [1.54, 1.807) is 6.08 Å². The molecule has 3 fully saturated rings. The largest absolute Gasteiger partial charge is 0.394 e. The highest BCUT2D eigenvalue weighted by atomic mass is 16.8. The second-order valence-corrected chi connectivity index (χ2v) is 30.6. The fourth-order valence-electron chi connectivity index (χ4n) is 14.7. The van der Waals surface area contributed by atoms with E-state index in [1.807, 2.05) is 6.08 Å². The third-order valence-corrected chi connectivity index (χ3v) is 21.5. The minimum Gasteiger partial charge on any atom is -0.394 e. The summed E-state index contributed by atoms with van der Waals surface area (Å²) in [6.07, 6.45) is 51.9. The maximum absolute atomic E-state index is 13.5. The van der Waals surface area contributed by atoms with Crippen LogP contribution >= 0.6 is 0 Å². The van der Waals surface area contributed by atoms with Crippen LogP contribution in [0, 0.1) is 0 Å². The number of aliphatic hydroxyl groups excluding tert-OH is 11. The third-order valence-electron chi connectivity index (χ3n) is 21.5. The molecule has 0 spiro atoms. The van der Waals surface area contributed by atoms with Gasteiger partial charge in [0.25, 0.3) is 0 Å². The van der Waals surface area contributed by atoms with Crippen molar-refractivity contribution < 1.29 is 89.4 Å². The molecular weight excluding hydrogens is 1300 g/mol. The molecule has 19 nitrogen and oxygen atoms in total. The van der Waals surface area contributed by atoms with E-state index in [1.165, 1.54) is 295 Å². The molecule has 1 amide bonds. The molecule has 0 aliphatic carbocycles. The monoisotopic (exact) mass is 1460 g/mol. The van der Waals surface area contributed by atoms with Gasteiger partial charge in [0, 0.05) is 6.42 Å². The smallest absolute Gasteiger partial charge is 0.220 e. The van der Waals surface area contributed by atoms with Gasteiger partial charge in [-0.05, 0) is 32.1 Å². The van der Waals surface area contributed by atoms with Crippen LogP contribution in [0.5, 0.6) is 0 Å². The minimum absolute atomic E-state index is 0.241. The topological polar surface area (TPSA) is 307 Å². The highest BCUT2D eigenvalue weighted by Gasteiger charge is 2.54. The zero-order chi connectivity index (χ0) is 73.9. The summed E-state index contributed by atoms with van der Waals surface area (Å²) in [5, 5.41) is 121. The second-order valence-electron chi connectivity index (χ2n) is 30.6. The van der Waals surface area contributed by atoms with Gasteiger partial charge in [-0.3, -0.25) is 4.79 Å². The summed E-state index contributed by atoms with van der Waals surface area (Å²) >= 11 is 0. The number of aliphatic hydroxyl groups is 11. The normalized spacial score (nSPS) is 26.2. The lowest BCUT2D eigenvalue weighted by Gasteiger charge is -2.48. The Morgan fingerprint density at radius 2 is 0.627 bits per heavy atom. The van der Waals surface area contributed by atoms with E-state index in [9.17, 15) is 61.0 Å². The van der Waals surface area contributed by atoms with Crippen molar-refractivity contribution in [2.24, 2.45) is 0 Å². The average molecular weight is 1460 g/mol. The SMILES string of the molecule is CCCCCCCCCCCCCCCCCCCCCCCCCCC/C=C/CC/C=C/C(O)C(COC1OC(CO)C(OC2OC(CO)C(OC3OC(CO)C(O)C(O)C3O)C(O)C2O)C(O)C1O)NC(=O)CCCCCCCCCCCCCCCCCCCCCCCCCCCC. The van der Waals surface area contributed by atoms with Gasteiger partial charge in [0.15, 0.2) is 18.9 Å². The Kier molecular flexibility index (Phi) is 59.4. The summed E-state index contributed by atoms with van der Waals surface area (Å²) in [7, 11) is 0. The molecule has 17 atom stereocenters. The van der Waals surface area contributed by atoms with Crippen LogP contribution in [0.15, 0.2) is 24.3 Å². The lowest BCUT2D eigenvalue weighted by molar-refractivity contribution is -0.379. The van der Waals surface area contributed by atoms with Crippen molar-refractivity contribution in [3.05, 3.63) is 24.3 Å². The molecule has 0 bridgehead atoms. The van der Waals surface area contributed by atoms with Crippen LogP contribution in [0.1, 0.15) is 367 Å². The van der Waals surface area contributed by atoms with Crippen molar-refractivity contribution in [3.8, 4) is 0 Å². The van der Waals surface area contributed by atoms with Crippen LogP contribution in [0.4, 0.5) is 0 Å².